The normalized spacial score (nSPS) is 11.2. The summed E-state index contributed by atoms with van der Waals surface area (Å²) in [4.78, 5) is 11.3. The molecule has 0 aliphatic heterocycles. The molecule has 94 valence electrons. The van der Waals surface area contributed by atoms with E-state index >= 15 is 0 Å². The number of halogens is 3. The van der Waals surface area contributed by atoms with Gasteiger partial charge in [-0.1, -0.05) is 12.2 Å². The first-order chi connectivity index (χ1) is 7.79. The monoisotopic (exact) mass is 265 g/mol. The number of alkyl halides is 3. The van der Waals surface area contributed by atoms with Crippen molar-refractivity contribution in [1.29, 1.82) is 0 Å². The van der Waals surface area contributed by atoms with E-state index in [0.29, 0.717) is 5.69 Å². The van der Waals surface area contributed by atoms with E-state index in [1.807, 2.05) is 0 Å². The molecule has 1 aromatic heterocycles. The molecule has 0 saturated carbocycles. The lowest BCUT2D eigenvalue weighted by Crippen LogP contribution is -2.36. The number of nitrogens with zero attached hydrogens (tertiary/aromatic N) is 1. The molecule has 1 aromatic rings. The first-order valence-electron chi connectivity index (χ1n) is 4.58. The van der Waals surface area contributed by atoms with Crippen LogP contribution in [0, 0.1) is 0 Å². The van der Waals surface area contributed by atoms with Gasteiger partial charge < -0.3 is 15.6 Å². The van der Waals surface area contributed by atoms with Gasteiger partial charge in [0.15, 0.2) is 0 Å². The van der Waals surface area contributed by atoms with Crippen LogP contribution in [0.4, 0.5) is 13.2 Å². The number of carbonyl (C=O) groups is 1. The van der Waals surface area contributed by atoms with Crippen LogP contribution >= 0.6 is 12.2 Å². The second kappa shape index (κ2) is 5.17. The van der Waals surface area contributed by atoms with E-state index in [1.165, 1.54) is 10.8 Å². The van der Waals surface area contributed by atoms with Crippen LogP contribution in [0.3, 0.4) is 0 Å². The molecule has 0 fully saturated rings. The third-order valence-corrected chi connectivity index (χ3v) is 2.09. The lowest BCUT2D eigenvalue weighted by molar-refractivity contribution is -0.138. The molecular weight excluding hydrogens is 255 g/mol. The Morgan fingerprint density at radius 1 is 1.53 bits per heavy atom. The van der Waals surface area contributed by atoms with Crippen LogP contribution in [0.15, 0.2) is 18.3 Å². The summed E-state index contributed by atoms with van der Waals surface area (Å²) in [6.07, 6.45) is -2.90. The van der Waals surface area contributed by atoms with Crippen LogP contribution in [0.2, 0.25) is 0 Å². The molecule has 1 amide bonds. The molecule has 0 spiro atoms. The van der Waals surface area contributed by atoms with Crippen LogP contribution in [0.5, 0.6) is 0 Å². The van der Waals surface area contributed by atoms with Gasteiger partial charge in [-0.2, -0.15) is 13.2 Å². The molecule has 8 heteroatoms. The summed E-state index contributed by atoms with van der Waals surface area (Å²) >= 11 is 4.73. The van der Waals surface area contributed by atoms with Crippen molar-refractivity contribution >= 4 is 23.1 Å². The van der Waals surface area contributed by atoms with E-state index in [9.17, 15) is 18.0 Å². The van der Waals surface area contributed by atoms with Crippen molar-refractivity contribution in [2.24, 2.45) is 5.73 Å². The SMILES string of the molecule is NC(=S)c1cccn1CC(=O)NCC(F)(F)F. The van der Waals surface area contributed by atoms with Crippen LogP contribution < -0.4 is 11.1 Å². The first-order valence-corrected chi connectivity index (χ1v) is 4.99. The topological polar surface area (TPSA) is 60.0 Å². The van der Waals surface area contributed by atoms with Gasteiger partial charge in [0, 0.05) is 6.20 Å². The average Bonchev–Trinajstić information content (AvgIpc) is 2.62. The molecular formula is C9H10F3N3OS. The zero-order valence-corrected chi connectivity index (χ0v) is 9.44. The highest BCUT2D eigenvalue weighted by atomic mass is 32.1. The van der Waals surface area contributed by atoms with Crippen molar-refractivity contribution in [1.82, 2.24) is 9.88 Å². The third-order valence-electron chi connectivity index (χ3n) is 1.88. The maximum absolute atomic E-state index is 11.8. The largest absolute Gasteiger partial charge is 0.405 e. The summed E-state index contributed by atoms with van der Waals surface area (Å²) in [6, 6.07) is 3.19. The fourth-order valence-corrected chi connectivity index (χ4v) is 1.37. The second-order valence-corrected chi connectivity index (χ2v) is 3.72. The van der Waals surface area contributed by atoms with Gasteiger partial charge >= 0.3 is 6.18 Å². The standard InChI is InChI=1S/C9H10F3N3OS/c10-9(11,12)5-14-7(16)4-15-3-1-2-6(15)8(13)17/h1-3H,4-5H2,(H2,13,17)(H,14,16). The summed E-state index contributed by atoms with van der Waals surface area (Å²) < 4.78 is 36.9. The predicted molar refractivity (Wildman–Crippen MR) is 59.4 cm³/mol. The van der Waals surface area contributed by atoms with Gasteiger partial charge in [0.05, 0.1) is 5.69 Å². The predicted octanol–water partition coefficient (Wildman–Crippen LogP) is 0.801. The zero-order valence-electron chi connectivity index (χ0n) is 8.62. The fraction of sp³-hybridized carbons (Fsp3) is 0.333. The Kier molecular flexibility index (Phi) is 4.11. The number of amides is 1. The summed E-state index contributed by atoms with van der Waals surface area (Å²) in [5.41, 5.74) is 5.81. The average molecular weight is 265 g/mol. The molecule has 0 aromatic carbocycles. The van der Waals surface area contributed by atoms with Crippen LogP contribution in [-0.2, 0) is 11.3 Å². The minimum atomic E-state index is -4.42. The number of carbonyl (C=O) groups excluding carboxylic acids is 1. The molecule has 0 atom stereocenters. The molecule has 0 unspecified atom stereocenters. The number of thiocarbonyl (C=S) groups is 1. The van der Waals surface area contributed by atoms with Crippen molar-refractivity contribution in [3.63, 3.8) is 0 Å². The summed E-state index contributed by atoms with van der Waals surface area (Å²) in [5.74, 6) is -0.754. The smallest absolute Gasteiger partial charge is 0.388 e. The highest BCUT2D eigenvalue weighted by Crippen LogP contribution is 2.12. The van der Waals surface area contributed by atoms with Gasteiger partial charge in [-0.15, -0.1) is 0 Å². The van der Waals surface area contributed by atoms with E-state index in [-0.39, 0.29) is 11.5 Å². The Balaban J connectivity index is 2.57. The third kappa shape index (κ3) is 4.43. The minimum absolute atomic E-state index is 0.0821. The Morgan fingerprint density at radius 2 is 2.18 bits per heavy atom. The lowest BCUT2D eigenvalue weighted by atomic mass is 10.4. The molecule has 17 heavy (non-hydrogen) atoms. The second-order valence-electron chi connectivity index (χ2n) is 3.28. The number of aromatic nitrogens is 1. The van der Waals surface area contributed by atoms with Gasteiger partial charge in [0.2, 0.25) is 5.91 Å². The zero-order chi connectivity index (χ0) is 13.1. The lowest BCUT2D eigenvalue weighted by Gasteiger charge is -2.10. The summed E-state index contributed by atoms with van der Waals surface area (Å²) in [7, 11) is 0. The van der Waals surface area contributed by atoms with Crippen LogP contribution in [0.25, 0.3) is 0 Å². The summed E-state index contributed by atoms with van der Waals surface area (Å²) in [6.45, 7) is -1.61. The molecule has 1 rings (SSSR count). The van der Waals surface area contributed by atoms with Crippen molar-refractivity contribution in [3.8, 4) is 0 Å². The fourth-order valence-electron chi connectivity index (χ4n) is 1.19. The van der Waals surface area contributed by atoms with Crippen molar-refractivity contribution in [2.45, 2.75) is 12.7 Å². The molecule has 3 N–H and O–H groups in total. The van der Waals surface area contributed by atoms with Crippen molar-refractivity contribution in [3.05, 3.63) is 24.0 Å². The van der Waals surface area contributed by atoms with E-state index < -0.39 is 18.6 Å². The van der Waals surface area contributed by atoms with Gasteiger partial charge in [-0.3, -0.25) is 4.79 Å². The summed E-state index contributed by atoms with van der Waals surface area (Å²) in [5, 5.41) is 1.76. The Morgan fingerprint density at radius 3 is 2.71 bits per heavy atom. The molecule has 0 bridgehead atoms. The van der Waals surface area contributed by atoms with Crippen LogP contribution in [-0.4, -0.2) is 28.2 Å². The van der Waals surface area contributed by atoms with E-state index in [0.717, 1.165) is 0 Å². The molecule has 4 nitrogen and oxygen atoms in total. The molecule has 1 heterocycles. The molecule has 0 aliphatic rings. The van der Waals surface area contributed by atoms with Crippen molar-refractivity contribution in [2.75, 3.05) is 6.54 Å². The Hall–Kier alpha value is -1.57. The van der Waals surface area contributed by atoms with Gasteiger partial charge in [0.25, 0.3) is 0 Å². The first kappa shape index (κ1) is 13.5. The van der Waals surface area contributed by atoms with Gasteiger partial charge in [-0.25, -0.2) is 0 Å². The number of hydrogen-bond donors (Lipinski definition) is 2. The van der Waals surface area contributed by atoms with Gasteiger partial charge in [-0.05, 0) is 12.1 Å². The van der Waals surface area contributed by atoms with E-state index in [2.05, 4.69) is 0 Å². The quantitative estimate of drug-likeness (QED) is 0.792. The minimum Gasteiger partial charge on any atom is -0.388 e. The number of nitrogens with two attached hydrogens (primary N) is 1. The highest BCUT2D eigenvalue weighted by molar-refractivity contribution is 7.80. The molecule has 0 saturated heterocycles. The van der Waals surface area contributed by atoms with Gasteiger partial charge in [0.1, 0.15) is 18.1 Å². The number of rotatable bonds is 4. The molecule has 0 aliphatic carbocycles. The molecule has 0 radical (unpaired) electrons. The maximum Gasteiger partial charge on any atom is 0.405 e. The van der Waals surface area contributed by atoms with Crippen molar-refractivity contribution < 1.29 is 18.0 Å². The van der Waals surface area contributed by atoms with E-state index in [4.69, 9.17) is 18.0 Å². The Labute approximate surface area is 101 Å². The van der Waals surface area contributed by atoms with E-state index in [1.54, 1.807) is 17.4 Å². The van der Waals surface area contributed by atoms with Crippen LogP contribution in [0.1, 0.15) is 5.69 Å². The number of nitrogens with one attached hydrogen (secondary N) is 1. The number of hydrogen-bond acceptors (Lipinski definition) is 2. The highest BCUT2D eigenvalue weighted by Gasteiger charge is 2.27. The Bertz CT molecular complexity index is 427. The maximum atomic E-state index is 11.8.